The minimum atomic E-state index is -1.19. The van der Waals surface area contributed by atoms with Gasteiger partial charge in [0.15, 0.2) is 23.2 Å². The van der Waals surface area contributed by atoms with Crippen LogP contribution in [0, 0.1) is 0 Å². The average Bonchev–Trinajstić information content (AvgIpc) is 3.23. The number of fused-ring (bicyclic) bond motifs is 1. The van der Waals surface area contributed by atoms with Crippen LogP contribution >= 0.6 is 0 Å². The molecule has 26 heavy (non-hydrogen) atoms. The maximum absolute atomic E-state index is 10.2. The summed E-state index contributed by atoms with van der Waals surface area (Å²) >= 11 is 0. The van der Waals surface area contributed by atoms with Crippen molar-refractivity contribution in [3.63, 3.8) is 0 Å². The molecule has 1 aromatic carbocycles. The highest BCUT2D eigenvalue weighted by molar-refractivity contribution is 5.82. The van der Waals surface area contributed by atoms with Crippen molar-refractivity contribution < 1.29 is 20.1 Å². The van der Waals surface area contributed by atoms with Gasteiger partial charge in [-0.15, -0.1) is 0 Å². The summed E-state index contributed by atoms with van der Waals surface area (Å²) in [7, 11) is 0. The molecule has 9 nitrogen and oxygen atoms in total. The SMILES string of the molecule is OCC1OC(n2cnc3c(NCc4ccccc4)ncnc32)[C@H](O)C1O. The topological polar surface area (TPSA) is 126 Å². The molecule has 1 aliphatic heterocycles. The largest absolute Gasteiger partial charge is 0.394 e. The van der Waals surface area contributed by atoms with E-state index in [1.54, 1.807) is 0 Å². The Morgan fingerprint density at radius 3 is 2.62 bits per heavy atom. The monoisotopic (exact) mass is 357 g/mol. The molecule has 0 aliphatic carbocycles. The third-order valence-electron chi connectivity index (χ3n) is 4.45. The van der Waals surface area contributed by atoms with Crippen LogP contribution < -0.4 is 5.32 Å². The fourth-order valence-electron chi connectivity index (χ4n) is 3.06. The summed E-state index contributed by atoms with van der Waals surface area (Å²) < 4.78 is 7.08. The normalized spacial score (nSPS) is 25.7. The molecule has 9 heteroatoms. The lowest BCUT2D eigenvalue weighted by Gasteiger charge is -2.16. The van der Waals surface area contributed by atoms with E-state index in [1.807, 2.05) is 30.3 Å². The minimum absolute atomic E-state index is 0.389. The van der Waals surface area contributed by atoms with Crippen molar-refractivity contribution in [1.82, 2.24) is 19.5 Å². The number of benzene rings is 1. The molecule has 3 aromatic rings. The van der Waals surface area contributed by atoms with E-state index in [0.29, 0.717) is 23.5 Å². The van der Waals surface area contributed by atoms with E-state index in [-0.39, 0.29) is 6.61 Å². The maximum atomic E-state index is 10.2. The number of hydrogen-bond donors (Lipinski definition) is 4. The molecule has 2 aromatic heterocycles. The van der Waals surface area contributed by atoms with Gasteiger partial charge in [-0.05, 0) is 5.56 Å². The molecule has 4 N–H and O–H groups in total. The first-order valence-corrected chi connectivity index (χ1v) is 8.27. The van der Waals surface area contributed by atoms with Crippen molar-refractivity contribution >= 4 is 17.0 Å². The molecule has 0 radical (unpaired) electrons. The first kappa shape index (κ1) is 16.9. The van der Waals surface area contributed by atoms with Crippen molar-refractivity contribution in [2.75, 3.05) is 11.9 Å². The zero-order valence-corrected chi connectivity index (χ0v) is 13.8. The predicted molar refractivity (Wildman–Crippen MR) is 92.1 cm³/mol. The van der Waals surface area contributed by atoms with Crippen LogP contribution in [0.2, 0.25) is 0 Å². The van der Waals surface area contributed by atoms with Crippen molar-refractivity contribution in [1.29, 1.82) is 0 Å². The molecule has 0 saturated carbocycles. The fraction of sp³-hybridized carbons (Fsp3) is 0.353. The van der Waals surface area contributed by atoms with E-state index in [1.165, 1.54) is 17.2 Å². The van der Waals surface area contributed by atoms with Crippen LogP contribution in [-0.4, -0.2) is 59.8 Å². The molecule has 4 rings (SSSR count). The first-order chi connectivity index (χ1) is 12.7. The molecular formula is C17H19N5O4. The van der Waals surface area contributed by atoms with Gasteiger partial charge in [0.25, 0.3) is 0 Å². The van der Waals surface area contributed by atoms with E-state index < -0.39 is 24.5 Å². The molecule has 1 saturated heterocycles. The summed E-state index contributed by atoms with van der Waals surface area (Å²) in [4.78, 5) is 12.8. The second-order valence-electron chi connectivity index (χ2n) is 6.11. The number of ether oxygens (including phenoxy) is 1. The molecule has 0 spiro atoms. The molecule has 0 bridgehead atoms. The Hall–Kier alpha value is -2.59. The summed E-state index contributed by atoms with van der Waals surface area (Å²) in [6.45, 7) is 0.188. The fourth-order valence-corrected chi connectivity index (χ4v) is 3.06. The number of anilines is 1. The van der Waals surface area contributed by atoms with Crippen molar-refractivity contribution in [2.24, 2.45) is 0 Å². The second kappa shape index (κ2) is 6.96. The van der Waals surface area contributed by atoms with Crippen LogP contribution in [0.1, 0.15) is 11.8 Å². The smallest absolute Gasteiger partial charge is 0.167 e. The van der Waals surface area contributed by atoms with Crippen molar-refractivity contribution in [2.45, 2.75) is 31.1 Å². The number of aliphatic hydroxyl groups excluding tert-OH is 3. The highest BCUT2D eigenvalue weighted by Crippen LogP contribution is 2.32. The first-order valence-electron chi connectivity index (χ1n) is 8.27. The van der Waals surface area contributed by atoms with Crippen LogP contribution in [0.3, 0.4) is 0 Å². The highest BCUT2D eigenvalue weighted by atomic mass is 16.6. The minimum Gasteiger partial charge on any atom is -0.394 e. The molecule has 3 heterocycles. The van der Waals surface area contributed by atoms with Gasteiger partial charge < -0.3 is 25.4 Å². The summed E-state index contributed by atoms with van der Waals surface area (Å²) in [5.41, 5.74) is 2.09. The van der Waals surface area contributed by atoms with Gasteiger partial charge in [0, 0.05) is 6.54 Å². The Balaban J connectivity index is 1.61. The average molecular weight is 357 g/mol. The van der Waals surface area contributed by atoms with Gasteiger partial charge >= 0.3 is 0 Å². The standard InChI is InChI=1S/C17H19N5O4/c23-7-11-13(24)14(25)17(26-11)22-9-21-12-15(19-8-20-16(12)22)18-6-10-4-2-1-3-5-10/h1-5,8-9,11,13-14,17,23-25H,6-7H2,(H,18,19,20)/t11?,13?,14-,17?/m1/s1. The Morgan fingerprint density at radius 1 is 1.08 bits per heavy atom. The van der Waals surface area contributed by atoms with Gasteiger partial charge in [0.2, 0.25) is 0 Å². The van der Waals surface area contributed by atoms with E-state index >= 15 is 0 Å². The third kappa shape index (κ3) is 2.90. The zero-order chi connectivity index (χ0) is 18.1. The second-order valence-corrected chi connectivity index (χ2v) is 6.11. The number of aliphatic hydroxyl groups is 3. The quantitative estimate of drug-likeness (QED) is 0.505. The molecule has 0 amide bonds. The maximum Gasteiger partial charge on any atom is 0.167 e. The summed E-state index contributed by atoms with van der Waals surface area (Å²) in [5, 5.41) is 32.6. The van der Waals surface area contributed by atoms with Crippen LogP contribution in [0.4, 0.5) is 5.82 Å². The van der Waals surface area contributed by atoms with Crippen molar-refractivity contribution in [3.8, 4) is 0 Å². The lowest BCUT2D eigenvalue weighted by atomic mass is 10.1. The van der Waals surface area contributed by atoms with E-state index in [9.17, 15) is 15.3 Å². The number of hydrogen-bond acceptors (Lipinski definition) is 8. The molecular weight excluding hydrogens is 338 g/mol. The summed E-state index contributed by atoms with van der Waals surface area (Å²) in [6, 6.07) is 9.88. The highest BCUT2D eigenvalue weighted by Gasteiger charge is 2.44. The molecule has 1 aliphatic rings. The number of nitrogens with zero attached hydrogens (tertiary/aromatic N) is 4. The van der Waals surface area contributed by atoms with E-state index in [2.05, 4.69) is 20.3 Å². The Bertz CT molecular complexity index is 887. The molecule has 1 fully saturated rings. The van der Waals surface area contributed by atoms with E-state index in [0.717, 1.165) is 5.56 Å². The lowest BCUT2D eigenvalue weighted by molar-refractivity contribution is -0.0511. The third-order valence-corrected chi connectivity index (χ3v) is 4.45. The van der Waals surface area contributed by atoms with Gasteiger partial charge in [0.1, 0.15) is 24.6 Å². The van der Waals surface area contributed by atoms with Gasteiger partial charge in [0.05, 0.1) is 12.9 Å². The zero-order valence-electron chi connectivity index (χ0n) is 13.8. The number of nitrogens with one attached hydrogen (secondary N) is 1. The van der Waals surface area contributed by atoms with Gasteiger partial charge in [-0.3, -0.25) is 4.57 Å². The summed E-state index contributed by atoms with van der Waals surface area (Å²) in [5.74, 6) is 0.560. The van der Waals surface area contributed by atoms with Crippen LogP contribution in [-0.2, 0) is 11.3 Å². The van der Waals surface area contributed by atoms with Gasteiger partial charge in [-0.2, -0.15) is 0 Å². The van der Waals surface area contributed by atoms with E-state index in [4.69, 9.17) is 4.74 Å². The van der Waals surface area contributed by atoms with Crippen LogP contribution in [0.15, 0.2) is 43.0 Å². The van der Waals surface area contributed by atoms with Crippen LogP contribution in [0.25, 0.3) is 11.2 Å². The van der Waals surface area contributed by atoms with Gasteiger partial charge in [-0.25, -0.2) is 15.0 Å². The lowest BCUT2D eigenvalue weighted by Crippen LogP contribution is -2.33. The number of rotatable bonds is 5. The predicted octanol–water partition coefficient (Wildman–Crippen LogP) is 0.0499. The van der Waals surface area contributed by atoms with Gasteiger partial charge in [-0.1, -0.05) is 30.3 Å². The molecule has 3 unspecified atom stereocenters. The Morgan fingerprint density at radius 2 is 1.88 bits per heavy atom. The van der Waals surface area contributed by atoms with Crippen LogP contribution in [0.5, 0.6) is 0 Å². The Kier molecular flexibility index (Phi) is 4.51. The van der Waals surface area contributed by atoms with Crippen molar-refractivity contribution in [3.05, 3.63) is 48.5 Å². The molecule has 136 valence electrons. The molecule has 4 atom stereocenters. The number of imidazole rings is 1. The Labute approximate surface area is 148 Å². The number of aromatic nitrogens is 4. The summed E-state index contributed by atoms with van der Waals surface area (Å²) in [6.07, 6.45) is -1.24.